The topological polar surface area (TPSA) is 67.0 Å². The van der Waals surface area contributed by atoms with Crippen molar-refractivity contribution in [1.82, 2.24) is 9.97 Å². The number of rotatable bonds is 7. The highest BCUT2D eigenvalue weighted by Crippen LogP contribution is 2.47. The molecule has 1 unspecified atom stereocenters. The van der Waals surface area contributed by atoms with E-state index in [1.807, 2.05) is 12.1 Å². The Morgan fingerprint density at radius 1 is 1.20 bits per heavy atom. The van der Waals surface area contributed by atoms with Gasteiger partial charge in [-0.3, -0.25) is 9.78 Å². The number of hydrogen-bond acceptors (Lipinski definition) is 4. The van der Waals surface area contributed by atoms with Crippen molar-refractivity contribution in [3.05, 3.63) is 87.3 Å². The first-order valence-corrected chi connectivity index (χ1v) is 9.89. The molecule has 0 aliphatic heterocycles. The molecule has 4 rings (SSSR count). The molecule has 1 heterocycles. The summed E-state index contributed by atoms with van der Waals surface area (Å²) in [4.78, 5) is 19.1. The van der Waals surface area contributed by atoms with Gasteiger partial charge in [0.25, 0.3) is 5.56 Å². The fourth-order valence-electron chi connectivity index (χ4n) is 3.81. The number of hydrogen-bond donors (Lipinski definition) is 2. The van der Waals surface area contributed by atoms with E-state index in [1.54, 1.807) is 14.0 Å². The van der Waals surface area contributed by atoms with Gasteiger partial charge in [0, 0.05) is 24.1 Å². The number of benzene rings is 2. The van der Waals surface area contributed by atoms with Crippen molar-refractivity contribution < 1.29 is 13.5 Å². The predicted octanol–water partition coefficient (Wildman–Crippen LogP) is 4.42. The van der Waals surface area contributed by atoms with Crippen LogP contribution < -0.4 is 15.6 Å². The third-order valence-electron chi connectivity index (χ3n) is 5.64. The number of H-pyrrole nitrogens is 1. The van der Waals surface area contributed by atoms with Crippen LogP contribution in [-0.2, 0) is 0 Å². The normalized spacial score (nSPS) is 18.7. The van der Waals surface area contributed by atoms with Gasteiger partial charge in [-0.15, -0.1) is 0 Å². The number of nitrogens with zero attached hydrogens (tertiary/aromatic N) is 1. The number of halogens is 2. The minimum Gasteiger partial charge on any atom is -0.497 e. The summed E-state index contributed by atoms with van der Waals surface area (Å²) in [6, 6.07) is 13.0. The quantitative estimate of drug-likeness (QED) is 0.604. The van der Waals surface area contributed by atoms with Crippen molar-refractivity contribution in [1.29, 1.82) is 0 Å². The van der Waals surface area contributed by atoms with Gasteiger partial charge in [-0.05, 0) is 48.1 Å². The van der Waals surface area contributed by atoms with Crippen LogP contribution in [0.4, 0.5) is 14.7 Å². The number of nitrogens with one attached hydrogen (secondary N) is 2. The van der Waals surface area contributed by atoms with Crippen LogP contribution in [0.5, 0.6) is 5.75 Å². The Balaban J connectivity index is 1.45. The molecule has 7 heteroatoms. The maximum absolute atomic E-state index is 14.1. The molecular formula is C23H23F2N3O2. The minimum atomic E-state index is -0.693. The van der Waals surface area contributed by atoms with Crippen LogP contribution in [0.15, 0.2) is 53.3 Å². The van der Waals surface area contributed by atoms with Crippen molar-refractivity contribution in [3.8, 4) is 5.75 Å². The number of methoxy groups -OCH3 is 1. The molecule has 0 amide bonds. The molecule has 1 aromatic heterocycles. The molecule has 1 saturated carbocycles. The van der Waals surface area contributed by atoms with Gasteiger partial charge < -0.3 is 10.1 Å². The number of ether oxygens (including phenoxy) is 1. The molecule has 2 aromatic carbocycles. The van der Waals surface area contributed by atoms with Crippen LogP contribution in [0, 0.1) is 17.6 Å². The first-order valence-electron chi connectivity index (χ1n) is 9.89. The second-order valence-electron chi connectivity index (χ2n) is 7.63. The number of anilines is 1. The van der Waals surface area contributed by atoms with Crippen LogP contribution >= 0.6 is 0 Å². The van der Waals surface area contributed by atoms with Crippen molar-refractivity contribution in [2.24, 2.45) is 5.92 Å². The van der Waals surface area contributed by atoms with Crippen molar-refractivity contribution in [2.75, 3.05) is 19.0 Å². The maximum Gasteiger partial charge on any atom is 0.252 e. The van der Waals surface area contributed by atoms with E-state index >= 15 is 0 Å². The van der Waals surface area contributed by atoms with Crippen LogP contribution in [0.2, 0.25) is 0 Å². The van der Waals surface area contributed by atoms with E-state index < -0.39 is 17.6 Å². The van der Waals surface area contributed by atoms with Gasteiger partial charge in [-0.25, -0.2) is 13.8 Å². The van der Waals surface area contributed by atoms with E-state index in [2.05, 4.69) is 27.4 Å². The Morgan fingerprint density at radius 2 is 1.90 bits per heavy atom. The largest absolute Gasteiger partial charge is 0.497 e. The fraction of sp³-hybridized carbons (Fsp3) is 0.304. The average molecular weight is 411 g/mol. The molecule has 0 spiro atoms. The molecule has 1 aliphatic carbocycles. The lowest BCUT2D eigenvalue weighted by atomic mass is 9.96. The molecule has 5 nitrogen and oxygen atoms in total. The number of aromatic nitrogens is 2. The van der Waals surface area contributed by atoms with Crippen LogP contribution in [0.25, 0.3) is 0 Å². The molecule has 1 aliphatic rings. The van der Waals surface area contributed by atoms with E-state index in [9.17, 15) is 13.6 Å². The summed E-state index contributed by atoms with van der Waals surface area (Å²) >= 11 is 0. The van der Waals surface area contributed by atoms with Gasteiger partial charge in [0.2, 0.25) is 5.95 Å². The minimum absolute atomic E-state index is 0.0942. The summed E-state index contributed by atoms with van der Waals surface area (Å²) in [6.45, 7) is 2.28. The van der Waals surface area contributed by atoms with E-state index in [-0.39, 0.29) is 11.1 Å². The molecule has 2 N–H and O–H groups in total. The first-order chi connectivity index (χ1) is 14.5. The highest BCUT2D eigenvalue weighted by atomic mass is 19.1. The van der Waals surface area contributed by atoms with Crippen LogP contribution in [0.1, 0.15) is 42.0 Å². The average Bonchev–Trinajstić information content (AvgIpc) is 3.51. The Bertz CT molecular complexity index is 1080. The van der Waals surface area contributed by atoms with E-state index in [0.29, 0.717) is 30.0 Å². The first kappa shape index (κ1) is 20.1. The molecule has 0 radical (unpaired) electrons. The SMILES string of the molecule is COc1ccc([C@H]2C[C@@H]2CNc2nc(C(C)c3c(F)cccc3F)cc(=O)[nH]2)cc1. The van der Waals surface area contributed by atoms with E-state index in [0.717, 1.165) is 12.2 Å². The zero-order valence-corrected chi connectivity index (χ0v) is 16.8. The molecule has 3 atom stereocenters. The van der Waals surface area contributed by atoms with Gasteiger partial charge in [-0.2, -0.15) is 0 Å². The van der Waals surface area contributed by atoms with E-state index in [4.69, 9.17) is 4.74 Å². The van der Waals surface area contributed by atoms with Crippen molar-refractivity contribution >= 4 is 5.95 Å². The van der Waals surface area contributed by atoms with Gasteiger partial charge in [0.05, 0.1) is 12.8 Å². The smallest absolute Gasteiger partial charge is 0.252 e. The second-order valence-corrected chi connectivity index (χ2v) is 7.63. The molecule has 0 bridgehead atoms. The third kappa shape index (κ3) is 4.20. The lowest BCUT2D eigenvalue weighted by molar-refractivity contribution is 0.414. The summed E-state index contributed by atoms with van der Waals surface area (Å²) in [7, 11) is 1.64. The van der Waals surface area contributed by atoms with Crippen molar-refractivity contribution in [3.63, 3.8) is 0 Å². The zero-order chi connectivity index (χ0) is 21.3. The Morgan fingerprint density at radius 3 is 2.57 bits per heavy atom. The van der Waals surface area contributed by atoms with Crippen LogP contribution in [0.3, 0.4) is 0 Å². The molecule has 3 aromatic rings. The van der Waals surface area contributed by atoms with Gasteiger partial charge in [0.15, 0.2) is 0 Å². The van der Waals surface area contributed by atoms with Crippen molar-refractivity contribution in [2.45, 2.75) is 25.2 Å². The van der Waals surface area contributed by atoms with Gasteiger partial charge in [0.1, 0.15) is 17.4 Å². The fourth-order valence-corrected chi connectivity index (χ4v) is 3.81. The van der Waals surface area contributed by atoms with Gasteiger partial charge >= 0.3 is 0 Å². The third-order valence-corrected chi connectivity index (χ3v) is 5.64. The van der Waals surface area contributed by atoms with Crippen LogP contribution in [-0.4, -0.2) is 23.6 Å². The second kappa shape index (κ2) is 8.26. The molecule has 30 heavy (non-hydrogen) atoms. The zero-order valence-electron chi connectivity index (χ0n) is 16.8. The molecule has 0 saturated heterocycles. The predicted molar refractivity (Wildman–Crippen MR) is 111 cm³/mol. The monoisotopic (exact) mass is 411 g/mol. The highest BCUT2D eigenvalue weighted by Gasteiger charge is 2.38. The van der Waals surface area contributed by atoms with Gasteiger partial charge in [-0.1, -0.05) is 25.1 Å². The summed E-state index contributed by atoms with van der Waals surface area (Å²) in [6.07, 6.45) is 1.04. The standard InChI is InChI=1S/C23H23F2N3O2/c1-13(22-18(24)4-3-5-19(22)25)20-11-21(29)28-23(27-20)26-12-15-10-17(15)14-6-8-16(30-2)9-7-14/h3-9,11,13,15,17H,10,12H2,1-2H3,(H2,26,27,28,29)/t13?,15-,17-/m1/s1. The highest BCUT2D eigenvalue weighted by molar-refractivity contribution is 5.36. The number of aromatic amines is 1. The summed E-state index contributed by atoms with van der Waals surface area (Å²) < 4.78 is 33.4. The van der Waals surface area contributed by atoms with E-state index in [1.165, 1.54) is 29.8 Å². The maximum atomic E-state index is 14.1. The molecule has 156 valence electrons. The lowest BCUT2D eigenvalue weighted by Crippen LogP contribution is -2.17. The summed E-state index contributed by atoms with van der Waals surface area (Å²) in [5.41, 5.74) is 1.10. The summed E-state index contributed by atoms with van der Waals surface area (Å²) in [5.74, 6) is 0.00826. The summed E-state index contributed by atoms with van der Waals surface area (Å²) in [5, 5.41) is 3.17. The Kier molecular flexibility index (Phi) is 5.53. The Hall–Kier alpha value is -3.22. The molecular weight excluding hydrogens is 388 g/mol. The Labute approximate surface area is 173 Å². The lowest BCUT2D eigenvalue weighted by Gasteiger charge is -2.14. The molecule has 1 fully saturated rings.